The Hall–Kier alpha value is -1.23. The van der Waals surface area contributed by atoms with Gasteiger partial charge < -0.3 is 5.32 Å². The van der Waals surface area contributed by atoms with Gasteiger partial charge in [-0.1, -0.05) is 20.8 Å². The number of anilines is 1. The van der Waals surface area contributed by atoms with Gasteiger partial charge in [0.25, 0.3) is 0 Å². The van der Waals surface area contributed by atoms with E-state index in [1.165, 1.54) is 12.8 Å². The van der Waals surface area contributed by atoms with E-state index in [4.69, 9.17) is 0 Å². The van der Waals surface area contributed by atoms with E-state index in [9.17, 15) is 0 Å². The maximum Gasteiger partial charge on any atom is 0.243 e. The third-order valence-corrected chi connectivity index (χ3v) is 3.66. The molecule has 0 saturated heterocycles. The summed E-state index contributed by atoms with van der Waals surface area (Å²) in [5.41, 5.74) is 2.08. The van der Waals surface area contributed by atoms with Crippen LogP contribution in [-0.2, 0) is 12.8 Å². The van der Waals surface area contributed by atoms with Crippen LogP contribution in [0.1, 0.15) is 45.0 Å². The number of nitrogens with one attached hydrogen (secondary N) is 1. The summed E-state index contributed by atoms with van der Waals surface area (Å²) in [6, 6.07) is 0.819. The number of aromatic nitrogens is 3. The van der Waals surface area contributed by atoms with Gasteiger partial charge in [-0.25, -0.2) is 4.98 Å². The standard InChI is InChI=1S/C14H25N5/c1-4-12-13(5-2)17-18-14(16-12)15-9-10-19(6-3)11-7-8-11/h11H,4-10H2,1-3H3,(H,15,16,18). The van der Waals surface area contributed by atoms with Crippen molar-refractivity contribution >= 4 is 5.95 Å². The van der Waals surface area contributed by atoms with Crippen LogP contribution in [0.15, 0.2) is 0 Å². The normalized spacial score (nSPS) is 14.9. The lowest BCUT2D eigenvalue weighted by Crippen LogP contribution is -2.31. The molecule has 1 aromatic heterocycles. The van der Waals surface area contributed by atoms with Crippen molar-refractivity contribution in [2.24, 2.45) is 0 Å². The first kappa shape index (κ1) is 14.2. The van der Waals surface area contributed by atoms with Crippen LogP contribution >= 0.6 is 0 Å². The van der Waals surface area contributed by atoms with Crippen molar-refractivity contribution in [3.8, 4) is 0 Å². The first-order valence-corrected chi connectivity index (χ1v) is 7.48. The van der Waals surface area contributed by atoms with E-state index in [0.717, 1.165) is 49.9 Å². The van der Waals surface area contributed by atoms with Crippen LogP contribution in [0.2, 0.25) is 0 Å². The Balaban J connectivity index is 1.85. The van der Waals surface area contributed by atoms with E-state index in [1.807, 2.05) is 0 Å². The highest BCUT2D eigenvalue weighted by Crippen LogP contribution is 2.25. The van der Waals surface area contributed by atoms with Gasteiger partial charge in [-0.2, -0.15) is 5.10 Å². The molecule has 0 bridgehead atoms. The lowest BCUT2D eigenvalue weighted by atomic mass is 10.2. The molecule has 0 unspecified atom stereocenters. The minimum absolute atomic E-state index is 0.668. The highest BCUT2D eigenvalue weighted by Gasteiger charge is 2.27. The van der Waals surface area contributed by atoms with Gasteiger partial charge in [-0.3, -0.25) is 4.90 Å². The molecule has 0 aromatic carbocycles. The predicted octanol–water partition coefficient (Wildman–Crippen LogP) is 1.89. The Morgan fingerprint density at radius 2 is 1.84 bits per heavy atom. The molecule has 2 rings (SSSR count). The summed E-state index contributed by atoms with van der Waals surface area (Å²) >= 11 is 0. The van der Waals surface area contributed by atoms with Gasteiger partial charge in [0.2, 0.25) is 5.95 Å². The predicted molar refractivity (Wildman–Crippen MR) is 77.3 cm³/mol. The molecular weight excluding hydrogens is 238 g/mol. The van der Waals surface area contributed by atoms with Crippen molar-refractivity contribution in [2.45, 2.75) is 52.5 Å². The molecule has 0 aliphatic heterocycles. The Morgan fingerprint density at radius 1 is 1.11 bits per heavy atom. The lowest BCUT2D eigenvalue weighted by molar-refractivity contribution is 0.288. The summed E-state index contributed by atoms with van der Waals surface area (Å²) in [4.78, 5) is 7.06. The smallest absolute Gasteiger partial charge is 0.243 e. The van der Waals surface area contributed by atoms with Crippen LogP contribution in [0.5, 0.6) is 0 Å². The van der Waals surface area contributed by atoms with Gasteiger partial charge in [0.15, 0.2) is 0 Å². The van der Waals surface area contributed by atoms with Crippen LogP contribution in [0.25, 0.3) is 0 Å². The number of likely N-dealkylation sites (N-methyl/N-ethyl adjacent to an activating group) is 1. The third-order valence-electron chi connectivity index (χ3n) is 3.66. The summed E-state index contributed by atoms with van der Waals surface area (Å²) in [7, 11) is 0. The number of hydrogen-bond donors (Lipinski definition) is 1. The first-order valence-electron chi connectivity index (χ1n) is 7.48. The summed E-state index contributed by atoms with van der Waals surface area (Å²) in [6.45, 7) is 9.50. The summed E-state index contributed by atoms with van der Waals surface area (Å²) in [5.74, 6) is 0.668. The Kier molecular flexibility index (Phi) is 5.07. The molecule has 1 N–H and O–H groups in total. The molecule has 0 spiro atoms. The second-order valence-electron chi connectivity index (χ2n) is 5.02. The zero-order valence-electron chi connectivity index (χ0n) is 12.3. The first-order chi connectivity index (χ1) is 9.28. The van der Waals surface area contributed by atoms with E-state index in [0.29, 0.717) is 5.95 Å². The SMILES string of the molecule is CCc1nnc(NCCN(CC)C2CC2)nc1CC. The molecule has 1 aliphatic rings. The fourth-order valence-electron chi connectivity index (χ4n) is 2.36. The van der Waals surface area contributed by atoms with Crippen LogP contribution in [-0.4, -0.2) is 45.8 Å². The quantitative estimate of drug-likeness (QED) is 0.776. The molecule has 0 amide bonds. The molecule has 0 atom stereocenters. The minimum atomic E-state index is 0.668. The highest BCUT2D eigenvalue weighted by molar-refractivity contribution is 5.25. The molecule has 1 saturated carbocycles. The summed E-state index contributed by atoms with van der Waals surface area (Å²) in [5, 5.41) is 11.7. The van der Waals surface area contributed by atoms with E-state index < -0.39 is 0 Å². The van der Waals surface area contributed by atoms with Gasteiger partial charge in [-0.15, -0.1) is 5.10 Å². The maximum absolute atomic E-state index is 4.54. The number of hydrogen-bond acceptors (Lipinski definition) is 5. The summed E-state index contributed by atoms with van der Waals surface area (Å²) < 4.78 is 0. The highest BCUT2D eigenvalue weighted by atomic mass is 15.3. The molecule has 0 radical (unpaired) electrons. The van der Waals surface area contributed by atoms with Crippen LogP contribution in [0, 0.1) is 0 Å². The van der Waals surface area contributed by atoms with Gasteiger partial charge in [-0.05, 0) is 32.2 Å². The minimum Gasteiger partial charge on any atom is -0.352 e. The monoisotopic (exact) mass is 263 g/mol. The van der Waals surface area contributed by atoms with Gasteiger partial charge in [0, 0.05) is 19.1 Å². The lowest BCUT2D eigenvalue weighted by Gasteiger charge is -2.19. The van der Waals surface area contributed by atoms with Crippen molar-refractivity contribution in [2.75, 3.05) is 25.0 Å². The fraction of sp³-hybridized carbons (Fsp3) is 0.786. The molecule has 19 heavy (non-hydrogen) atoms. The molecule has 1 fully saturated rings. The Bertz CT molecular complexity index is 403. The zero-order chi connectivity index (χ0) is 13.7. The van der Waals surface area contributed by atoms with Gasteiger partial charge in [0.1, 0.15) is 0 Å². The molecular formula is C14H25N5. The Labute approximate surface area is 115 Å². The Morgan fingerprint density at radius 3 is 2.42 bits per heavy atom. The van der Waals surface area contributed by atoms with Crippen LogP contribution < -0.4 is 5.32 Å². The van der Waals surface area contributed by atoms with Crippen molar-refractivity contribution in [3.05, 3.63) is 11.4 Å². The zero-order valence-corrected chi connectivity index (χ0v) is 12.3. The number of nitrogens with zero attached hydrogens (tertiary/aromatic N) is 4. The number of rotatable bonds is 8. The van der Waals surface area contributed by atoms with E-state index in [1.54, 1.807) is 0 Å². The molecule has 1 aromatic rings. The van der Waals surface area contributed by atoms with Crippen LogP contribution in [0.3, 0.4) is 0 Å². The average Bonchev–Trinajstić information content (AvgIpc) is 3.28. The van der Waals surface area contributed by atoms with Crippen molar-refractivity contribution in [3.63, 3.8) is 0 Å². The van der Waals surface area contributed by atoms with E-state index in [-0.39, 0.29) is 0 Å². The van der Waals surface area contributed by atoms with Gasteiger partial charge in [0.05, 0.1) is 11.4 Å². The molecule has 5 nitrogen and oxygen atoms in total. The van der Waals surface area contributed by atoms with Crippen LogP contribution in [0.4, 0.5) is 5.95 Å². The topological polar surface area (TPSA) is 53.9 Å². The fourth-order valence-corrected chi connectivity index (χ4v) is 2.36. The van der Waals surface area contributed by atoms with Crippen molar-refractivity contribution in [1.82, 2.24) is 20.1 Å². The second kappa shape index (κ2) is 6.80. The summed E-state index contributed by atoms with van der Waals surface area (Å²) in [6.07, 6.45) is 4.53. The third kappa shape index (κ3) is 3.86. The molecule has 5 heteroatoms. The number of aryl methyl sites for hydroxylation is 2. The molecule has 1 heterocycles. The molecule has 1 aliphatic carbocycles. The van der Waals surface area contributed by atoms with E-state index >= 15 is 0 Å². The second-order valence-corrected chi connectivity index (χ2v) is 5.02. The maximum atomic E-state index is 4.54. The molecule has 106 valence electrons. The largest absolute Gasteiger partial charge is 0.352 e. The van der Waals surface area contributed by atoms with Crippen molar-refractivity contribution < 1.29 is 0 Å². The average molecular weight is 263 g/mol. The van der Waals surface area contributed by atoms with Gasteiger partial charge >= 0.3 is 0 Å². The van der Waals surface area contributed by atoms with E-state index in [2.05, 4.69) is 46.2 Å². The van der Waals surface area contributed by atoms with Crippen molar-refractivity contribution in [1.29, 1.82) is 0 Å².